The highest BCUT2D eigenvalue weighted by Crippen LogP contribution is 2.32. The summed E-state index contributed by atoms with van der Waals surface area (Å²) >= 11 is 4.81. The van der Waals surface area contributed by atoms with Gasteiger partial charge in [-0.1, -0.05) is 6.92 Å². The first-order valence-electron chi connectivity index (χ1n) is 8.89. The normalized spacial score (nSPS) is 16.0. The molecular formula is C19H18BrN3O4S. The van der Waals surface area contributed by atoms with Gasteiger partial charge in [0.1, 0.15) is 4.88 Å². The van der Waals surface area contributed by atoms with E-state index in [2.05, 4.69) is 38.1 Å². The number of anilines is 1. The molecule has 0 fully saturated rings. The second kappa shape index (κ2) is 7.56. The molecule has 3 aromatic rings. The van der Waals surface area contributed by atoms with Crippen LogP contribution in [0.1, 0.15) is 33.5 Å². The molecule has 1 aliphatic rings. The van der Waals surface area contributed by atoms with Crippen molar-refractivity contribution < 1.29 is 14.3 Å². The number of esters is 1. The minimum absolute atomic E-state index is 0.327. The summed E-state index contributed by atoms with van der Waals surface area (Å²) < 4.78 is 5.78. The first kappa shape index (κ1) is 18.9. The Hall–Kier alpha value is -2.39. The molecule has 9 heteroatoms. The van der Waals surface area contributed by atoms with Crippen molar-refractivity contribution in [2.75, 3.05) is 11.9 Å². The number of aryl methyl sites for hydroxylation is 1. The molecule has 146 valence electrons. The monoisotopic (exact) mass is 463 g/mol. The molecule has 0 saturated carbocycles. The zero-order valence-corrected chi connectivity index (χ0v) is 17.5. The van der Waals surface area contributed by atoms with Gasteiger partial charge in [-0.2, -0.15) is 0 Å². The van der Waals surface area contributed by atoms with Gasteiger partial charge in [0.25, 0.3) is 5.91 Å². The van der Waals surface area contributed by atoms with Gasteiger partial charge in [-0.05, 0) is 64.9 Å². The fourth-order valence-corrected chi connectivity index (χ4v) is 4.89. The number of H-pyrrole nitrogens is 2. The number of hydrogen-bond acceptors (Lipinski definition) is 5. The Bertz CT molecular complexity index is 1130. The van der Waals surface area contributed by atoms with E-state index in [1.807, 2.05) is 6.07 Å². The molecule has 1 amide bonds. The van der Waals surface area contributed by atoms with Crippen LogP contribution in [0, 0.1) is 5.92 Å². The Morgan fingerprint density at radius 3 is 2.82 bits per heavy atom. The molecule has 0 spiro atoms. The molecule has 1 unspecified atom stereocenters. The van der Waals surface area contributed by atoms with E-state index >= 15 is 0 Å². The largest absolute Gasteiger partial charge is 0.451 e. The van der Waals surface area contributed by atoms with Crippen molar-refractivity contribution in [2.45, 2.75) is 26.2 Å². The number of fused-ring (bicyclic) bond motifs is 2. The van der Waals surface area contributed by atoms with Gasteiger partial charge in [0.15, 0.2) is 6.61 Å². The van der Waals surface area contributed by atoms with Crippen LogP contribution in [-0.4, -0.2) is 28.5 Å². The van der Waals surface area contributed by atoms with Gasteiger partial charge >= 0.3 is 11.7 Å². The van der Waals surface area contributed by atoms with Crippen molar-refractivity contribution in [3.63, 3.8) is 0 Å². The number of hydrogen-bond donors (Lipinski definition) is 3. The maximum Gasteiger partial charge on any atom is 0.348 e. The van der Waals surface area contributed by atoms with Crippen LogP contribution >= 0.6 is 27.3 Å². The van der Waals surface area contributed by atoms with Crippen LogP contribution in [0.25, 0.3) is 11.0 Å². The molecule has 0 radical (unpaired) electrons. The van der Waals surface area contributed by atoms with E-state index in [9.17, 15) is 14.4 Å². The highest BCUT2D eigenvalue weighted by atomic mass is 79.9. The van der Waals surface area contributed by atoms with Gasteiger partial charge in [0, 0.05) is 9.35 Å². The number of thiophene rings is 1. The Balaban J connectivity index is 1.39. The molecule has 1 aromatic carbocycles. The molecule has 0 bridgehead atoms. The first-order chi connectivity index (χ1) is 13.4. The Morgan fingerprint density at radius 1 is 1.29 bits per heavy atom. The predicted molar refractivity (Wildman–Crippen MR) is 111 cm³/mol. The molecule has 2 heterocycles. The van der Waals surface area contributed by atoms with Gasteiger partial charge in [0.05, 0.1) is 16.7 Å². The summed E-state index contributed by atoms with van der Waals surface area (Å²) in [6, 6.07) is 5.21. The summed E-state index contributed by atoms with van der Waals surface area (Å²) in [5.74, 6) is -0.310. The van der Waals surface area contributed by atoms with E-state index in [1.165, 1.54) is 21.8 Å². The maximum atomic E-state index is 12.3. The van der Waals surface area contributed by atoms with Crippen molar-refractivity contribution >= 4 is 55.9 Å². The molecule has 0 saturated heterocycles. The lowest BCUT2D eigenvalue weighted by molar-refractivity contribution is -0.119. The van der Waals surface area contributed by atoms with E-state index in [0.717, 1.165) is 19.3 Å². The van der Waals surface area contributed by atoms with Crippen LogP contribution in [0.2, 0.25) is 0 Å². The molecular weight excluding hydrogens is 446 g/mol. The van der Waals surface area contributed by atoms with Gasteiger partial charge < -0.3 is 20.0 Å². The number of nitrogens with one attached hydrogen (secondary N) is 3. The van der Waals surface area contributed by atoms with Gasteiger partial charge in [-0.3, -0.25) is 4.79 Å². The molecule has 4 rings (SSSR count). The molecule has 3 N–H and O–H groups in total. The van der Waals surface area contributed by atoms with E-state index in [1.54, 1.807) is 12.1 Å². The minimum atomic E-state index is -0.480. The number of carbonyl (C=O) groups excluding carboxylic acids is 2. The lowest BCUT2D eigenvalue weighted by Crippen LogP contribution is -2.20. The third-order valence-corrected chi connectivity index (χ3v) is 6.62. The number of halogens is 1. The zero-order valence-electron chi connectivity index (χ0n) is 15.1. The van der Waals surface area contributed by atoms with Crippen LogP contribution in [0.15, 0.2) is 27.5 Å². The molecule has 28 heavy (non-hydrogen) atoms. The zero-order chi connectivity index (χ0) is 19.8. The van der Waals surface area contributed by atoms with E-state index < -0.39 is 11.9 Å². The second-order valence-corrected chi connectivity index (χ2v) is 8.98. The van der Waals surface area contributed by atoms with Gasteiger partial charge in [0.2, 0.25) is 0 Å². The maximum absolute atomic E-state index is 12.3. The number of carbonyl (C=O) groups is 2. The quantitative estimate of drug-likeness (QED) is 0.514. The molecule has 1 aliphatic carbocycles. The fourth-order valence-electron chi connectivity index (χ4n) is 3.35. The number of aromatic nitrogens is 2. The van der Waals surface area contributed by atoms with E-state index in [-0.39, 0.29) is 12.3 Å². The van der Waals surface area contributed by atoms with Crippen LogP contribution in [0.5, 0.6) is 0 Å². The Kier molecular flexibility index (Phi) is 5.11. The van der Waals surface area contributed by atoms with Crippen molar-refractivity contribution in [1.29, 1.82) is 0 Å². The van der Waals surface area contributed by atoms with E-state index in [4.69, 9.17) is 4.74 Å². The lowest BCUT2D eigenvalue weighted by atomic mass is 9.90. The Labute approximate surface area is 172 Å². The second-order valence-electron chi connectivity index (χ2n) is 6.99. The lowest BCUT2D eigenvalue weighted by Gasteiger charge is -2.16. The smallest absolute Gasteiger partial charge is 0.348 e. The van der Waals surface area contributed by atoms with Crippen LogP contribution in [0.4, 0.5) is 5.69 Å². The molecule has 0 aliphatic heterocycles. The van der Waals surface area contributed by atoms with E-state index in [0.29, 0.717) is 32.0 Å². The average molecular weight is 464 g/mol. The standard InChI is InChI=1S/C19H18BrN3O4S/c1-9-2-3-15-10(4-9)5-16(28-15)18(25)27-8-17(24)21-12-7-14-13(6-11(12)20)22-19(26)23-14/h5-7,9H,2-4,8H2,1H3,(H,21,24)(H2,22,23,26). The summed E-state index contributed by atoms with van der Waals surface area (Å²) in [5.41, 5.74) is 2.56. The third-order valence-electron chi connectivity index (χ3n) is 4.74. The number of aromatic amines is 2. The van der Waals surface area contributed by atoms with Crippen molar-refractivity contribution in [2.24, 2.45) is 5.92 Å². The third kappa shape index (κ3) is 3.90. The SMILES string of the molecule is CC1CCc2sc(C(=O)OCC(=O)Nc3cc4[nH]c(=O)[nH]c4cc3Br)cc2C1. The average Bonchev–Trinajstić information content (AvgIpc) is 3.21. The number of benzene rings is 1. The first-order valence-corrected chi connectivity index (χ1v) is 10.5. The molecule has 2 aromatic heterocycles. The predicted octanol–water partition coefficient (Wildman–Crippen LogP) is 3.60. The number of amides is 1. The minimum Gasteiger partial charge on any atom is -0.451 e. The van der Waals surface area contributed by atoms with Crippen molar-refractivity contribution in [3.05, 3.63) is 48.5 Å². The number of imidazole rings is 1. The fraction of sp³-hybridized carbons (Fsp3) is 0.316. The van der Waals surface area contributed by atoms with Crippen molar-refractivity contribution in [1.82, 2.24) is 9.97 Å². The topological polar surface area (TPSA) is 104 Å². The highest BCUT2D eigenvalue weighted by molar-refractivity contribution is 9.10. The van der Waals surface area contributed by atoms with Crippen molar-refractivity contribution in [3.8, 4) is 0 Å². The van der Waals surface area contributed by atoms with Crippen LogP contribution in [0.3, 0.4) is 0 Å². The van der Waals surface area contributed by atoms with Crippen LogP contribution in [-0.2, 0) is 22.4 Å². The number of rotatable bonds is 4. The van der Waals surface area contributed by atoms with Crippen LogP contribution < -0.4 is 11.0 Å². The summed E-state index contributed by atoms with van der Waals surface area (Å²) in [7, 11) is 0. The van der Waals surface area contributed by atoms with Gasteiger partial charge in [-0.15, -0.1) is 11.3 Å². The molecule has 1 atom stereocenters. The molecule has 7 nitrogen and oxygen atoms in total. The highest BCUT2D eigenvalue weighted by Gasteiger charge is 2.22. The summed E-state index contributed by atoms with van der Waals surface area (Å²) in [5, 5.41) is 2.68. The Morgan fingerprint density at radius 2 is 2.04 bits per heavy atom. The summed E-state index contributed by atoms with van der Waals surface area (Å²) in [6.45, 7) is 1.83. The number of ether oxygens (including phenoxy) is 1. The summed E-state index contributed by atoms with van der Waals surface area (Å²) in [4.78, 5) is 42.9. The van der Waals surface area contributed by atoms with Gasteiger partial charge in [-0.25, -0.2) is 9.59 Å². The summed E-state index contributed by atoms with van der Waals surface area (Å²) in [6.07, 6.45) is 3.11.